The number of carbonyl (C=O) groups excluding carboxylic acids is 1. The Hall–Kier alpha value is -1.55. The molecule has 1 aromatic rings. The summed E-state index contributed by atoms with van der Waals surface area (Å²) >= 11 is 0. The van der Waals surface area contributed by atoms with Crippen molar-refractivity contribution in [1.82, 2.24) is 0 Å². The van der Waals surface area contributed by atoms with Crippen LogP contribution in [-0.4, -0.2) is 12.5 Å². The van der Waals surface area contributed by atoms with Crippen molar-refractivity contribution in [2.24, 2.45) is 11.7 Å². The minimum absolute atomic E-state index is 0.00378. The molecule has 98 valence electrons. The van der Waals surface area contributed by atoms with Gasteiger partial charge in [-0.15, -0.1) is 0 Å². The summed E-state index contributed by atoms with van der Waals surface area (Å²) in [5.74, 6) is 1.20. The Labute approximate surface area is 108 Å². The van der Waals surface area contributed by atoms with E-state index in [9.17, 15) is 4.79 Å². The summed E-state index contributed by atoms with van der Waals surface area (Å²) in [5.41, 5.74) is 7.95. The summed E-state index contributed by atoms with van der Waals surface area (Å²) < 4.78 is 5.32. The maximum atomic E-state index is 11.3. The molecule has 0 spiro atoms. The first-order valence-electron chi connectivity index (χ1n) is 6.42. The molecule has 3 N–H and O–H groups in total. The molecular formula is C14H20N2O2. The zero-order valence-corrected chi connectivity index (χ0v) is 10.9. The average molecular weight is 248 g/mol. The molecule has 1 aliphatic rings. The van der Waals surface area contributed by atoms with Crippen molar-refractivity contribution >= 4 is 11.6 Å². The van der Waals surface area contributed by atoms with Gasteiger partial charge < -0.3 is 15.8 Å². The predicted molar refractivity (Wildman–Crippen MR) is 71.6 cm³/mol. The first-order chi connectivity index (χ1) is 8.60. The number of benzene rings is 1. The van der Waals surface area contributed by atoms with Crippen LogP contribution in [0.5, 0.6) is 5.75 Å². The maximum absolute atomic E-state index is 11.3. The van der Waals surface area contributed by atoms with E-state index in [0.717, 1.165) is 24.1 Å². The second-order valence-electron chi connectivity index (χ2n) is 4.95. The second-order valence-corrected chi connectivity index (χ2v) is 4.95. The predicted octanol–water partition coefficient (Wildman–Crippen LogP) is 2.45. The lowest BCUT2D eigenvalue weighted by molar-refractivity contribution is -0.118. The van der Waals surface area contributed by atoms with E-state index < -0.39 is 0 Å². The highest BCUT2D eigenvalue weighted by Crippen LogP contribution is 2.31. The van der Waals surface area contributed by atoms with Crippen molar-refractivity contribution < 1.29 is 9.53 Å². The monoisotopic (exact) mass is 248 g/mol. The second kappa shape index (κ2) is 5.40. The van der Waals surface area contributed by atoms with E-state index in [1.165, 1.54) is 0 Å². The summed E-state index contributed by atoms with van der Waals surface area (Å²) in [4.78, 5) is 11.3. The summed E-state index contributed by atoms with van der Waals surface area (Å²) in [6.07, 6.45) is 2.07. The quantitative estimate of drug-likeness (QED) is 0.860. The van der Waals surface area contributed by atoms with Crippen LogP contribution in [0.2, 0.25) is 0 Å². The zero-order valence-electron chi connectivity index (χ0n) is 10.9. The number of hydrogen-bond donors (Lipinski definition) is 2. The van der Waals surface area contributed by atoms with Crippen molar-refractivity contribution in [2.75, 3.05) is 11.9 Å². The number of hydrogen-bond acceptors (Lipinski definition) is 3. The number of rotatable bonds is 4. The van der Waals surface area contributed by atoms with E-state index >= 15 is 0 Å². The third-order valence-corrected chi connectivity index (χ3v) is 3.42. The van der Waals surface area contributed by atoms with Crippen molar-refractivity contribution in [3.8, 4) is 5.75 Å². The fourth-order valence-electron chi connectivity index (χ4n) is 2.07. The Kier molecular flexibility index (Phi) is 3.87. The van der Waals surface area contributed by atoms with Gasteiger partial charge in [0.05, 0.1) is 5.69 Å². The molecular weight excluding hydrogens is 228 g/mol. The van der Waals surface area contributed by atoms with Gasteiger partial charge in [0, 0.05) is 6.04 Å². The van der Waals surface area contributed by atoms with Crippen LogP contribution >= 0.6 is 0 Å². The average Bonchev–Trinajstić information content (AvgIpc) is 2.37. The van der Waals surface area contributed by atoms with Crippen LogP contribution in [0.1, 0.15) is 38.3 Å². The Morgan fingerprint density at radius 2 is 2.28 bits per heavy atom. The number of nitrogens with one attached hydrogen (secondary N) is 1. The van der Waals surface area contributed by atoms with Crippen molar-refractivity contribution in [1.29, 1.82) is 0 Å². The number of nitrogens with two attached hydrogens (primary N) is 1. The van der Waals surface area contributed by atoms with E-state index in [2.05, 4.69) is 19.2 Å². The van der Waals surface area contributed by atoms with E-state index in [1.807, 2.05) is 18.2 Å². The van der Waals surface area contributed by atoms with E-state index in [-0.39, 0.29) is 18.6 Å². The SMILES string of the molecule is CCC(C)CC(N)c1ccc2c(c1)NC(=O)CO2. The molecule has 4 heteroatoms. The molecule has 0 saturated heterocycles. The number of anilines is 1. The van der Waals surface area contributed by atoms with Crippen LogP contribution in [0.25, 0.3) is 0 Å². The molecule has 0 fully saturated rings. The fraction of sp³-hybridized carbons (Fsp3) is 0.500. The van der Waals surface area contributed by atoms with E-state index in [1.54, 1.807) is 0 Å². The van der Waals surface area contributed by atoms with Gasteiger partial charge in [-0.25, -0.2) is 0 Å². The lowest BCUT2D eigenvalue weighted by Crippen LogP contribution is -2.25. The van der Waals surface area contributed by atoms with Gasteiger partial charge in [0.2, 0.25) is 0 Å². The van der Waals surface area contributed by atoms with Crippen LogP contribution in [0, 0.1) is 5.92 Å². The number of ether oxygens (including phenoxy) is 1. The highest BCUT2D eigenvalue weighted by molar-refractivity contribution is 5.95. The Morgan fingerprint density at radius 1 is 1.50 bits per heavy atom. The third-order valence-electron chi connectivity index (χ3n) is 3.42. The minimum atomic E-state index is -0.116. The molecule has 18 heavy (non-hydrogen) atoms. The third kappa shape index (κ3) is 2.82. The van der Waals surface area contributed by atoms with Crippen LogP contribution in [-0.2, 0) is 4.79 Å². The number of carbonyl (C=O) groups is 1. The molecule has 2 rings (SSSR count). The fourth-order valence-corrected chi connectivity index (χ4v) is 2.07. The van der Waals surface area contributed by atoms with E-state index in [0.29, 0.717) is 11.7 Å². The Morgan fingerprint density at radius 3 is 3.00 bits per heavy atom. The number of amides is 1. The molecule has 2 unspecified atom stereocenters. The first-order valence-corrected chi connectivity index (χ1v) is 6.42. The van der Waals surface area contributed by atoms with Gasteiger partial charge in [-0.2, -0.15) is 0 Å². The van der Waals surface area contributed by atoms with Crippen LogP contribution in [0.3, 0.4) is 0 Å². The zero-order chi connectivity index (χ0) is 13.1. The smallest absolute Gasteiger partial charge is 0.262 e. The summed E-state index contributed by atoms with van der Waals surface area (Å²) in [6, 6.07) is 5.77. The van der Waals surface area contributed by atoms with Crippen molar-refractivity contribution in [2.45, 2.75) is 32.7 Å². The molecule has 0 aromatic heterocycles. The largest absolute Gasteiger partial charge is 0.482 e. The topological polar surface area (TPSA) is 64.3 Å². The van der Waals surface area contributed by atoms with Gasteiger partial charge in [0.25, 0.3) is 5.91 Å². The Balaban J connectivity index is 2.15. The molecule has 1 amide bonds. The summed E-state index contributed by atoms with van der Waals surface area (Å²) in [7, 11) is 0. The van der Waals surface area contributed by atoms with Gasteiger partial charge in [-0.1, -0.05) is 26.3 Å². The van der Waals surface area contributed by atoms with Crippen molar-refractivity contribution in [3.63, 3.8) is 0 Å². The molecule has 2 atom stereocenters. The van der Waals surface area contributed by atoms with Gasteiger partial charge in [-0.3, -0.25) is 4.79 Å². The molecule has 0 aliphatic carbocycles. The van der Waals surface area contributed by atoms with E-state index in [4.69, 9.17) is 10.5 Å². The molecule has 1 aromatic carbocycles. The lowest BCUT2D eigenvalue weighted by atomic mass is 9.94. The molecule has 1 heterocycles. The molecule has 0 radical (unpaired) electrons. The summed E-state index contributed by atoms with van der Waals surface area (Å²) in [5, 5.41) is 2.80. The summed E-state index contributed by atoms with van der Waals surface area (Å²) in [6.45, 7) is 4.45. The minimum Gasteiger partial charge on any atom is -0.482 e. The van der Waals surface area contributed by atoms with Crippen molar-refractivity contribution in [3.05, 3.63) is 23.8 Å². The lowest BCUT2D eigenvalue weighted by Gasteiger charge is -2.21. The molecule has 1 aliphatic heterocycles. The van der Waals surface area contributed by atoms with Crippen LogP contribution in [0.4, 0.5) is 5.69 Å². The number of fused-ring (bicyclic) bond motifs is 1. The van der Waals surface area contributed by atoms with Gasteiger partial charge in [-0.05, 0) is 30.0 Å². The normalized spacial score (nSPS) is 17.4. The van der Waals surface area contributed by atoms with Gasteiger partial charge >= 0.3 is 0 Å². The molecule has 0 saturated carbocycles. The maximum Gasteiger partial charge on any atom is 0.262 e. The van der Waals surface area contributed by atoms with Crippen LogP contribution in [0.15, 0.2) is 18.2 Å². The molecule has 4 nitrogen and oxygen atoms in total. The first kappa shape index (κ1) is 12.9. The Bertz CT molecular complexity index is 445. The highest BCUT2D eigenvalue weighted by Gasteiger charge is 2.18. The standard InChI is InChI=1S/C14H20N2O2/c1-3-9(2)6-11(15)10-4-5-13-12(7-10)16-14(17)8-18-13/h4-5,7,9,11H,3,6,8,15H2,1-2H3,(H,16,17). The highest BCUT2D eigenvalue weighted by atomic mass is 16.5. The molecule has 0 bridgehead atoms. The van der Waals surface area contributed by atoms with Gasteiger partial charge in [0.15, 0.2) is 6.61 Å². The van der Waals surface area contributed by atoms with Crippen LogP contribution < -0.4 is 15.8 Å². The van der Waals surface area contributed by atoms with Gasteiger partial charge in [0.1, 0.15) is 5.75 Å².